The number of unbranched alkanes of at least 4 members (excludes halogenated alkanes) is 9. The average Bonchev–Trinajstić information content (AvgIpc) is 3.72. The topological polar surface area (TPSA) is 165 Å². The number of nitro groups is 3. The quantitative estimate of drug-likeness (QED) is 0.0332. The maximum atomic E-state index is 12.9. The second-order valence-electron chi connectivity index (χ2n) is 12.0. The molecule has 2 aliphatic rings. The third-order valence-corrected chi connectivity index (χ3v) is 12.6. The molecular formula is C36H37N3O9SSe. The van der Waals surface area contributed by atoms with Crippen LogP contribution < -0.4 is 4.74 Å². The normalized spacial score (nSPS) is 14.6. The Hall–Kier alpha value is -4.52. The minimum absolute atomic E-state index is 0.0119. The molecule has 3 aromatic rings. The summed E-state index contributed by atoms with van der Waals surface area (Å²) < 4.78 is 11.6. The number of nitro benzene ring substituents is 3. The number of carbonyl (C=O) groups excluding carboxylic acids is 1. The number of fused-ring (bicyclic) bond motifs is 3. The molecule has 0 aromatic heterocycles. The fourth-order valence-corrected chi connectivity index (χ4v) is 10.1. The van der Waals surface area contributed by atoms with Crippen LogP contribution in [0.15, 0.2) is 57.3 Å². The van der Waals surface area contributed by atoms with Crippen LogP contribution in [-0.2, 0) is 4.74 Å². The van der Waals surface area contributed by atoms with E-state index in [1.807, 2.05) is 29.2 Å². The van der Waals surface area contributed by atoms with Gasteiger partial charge in [-0.3, -0.25) is 0 Å². The molecule has 0 fully saturated rings. The molecule has 0 N–H and O–H groups in total. The van der Waals surface area contributed by atoms with E-state index in [-0.39, 0.29) is 42.8 Å². The third-order valence-electron chi connectivity index (χ3n) is 8.62. The molecule has 3 aromatic carbocycles. The van der Waals surface area contributed by atoms with Crippen molar-refractivity contribution in [2.75, 3.05) is 13.7 Å². The van der Waals surface area contributed by atoms with E-state index < -0.39 is 37.8 Å². The van der Waals surface area contributed by atoms with Crippen LogP contribution in [0.3, 0.4) is 0 Å². The number of thioether (sulfide) groups is 1. The number of rotatable bonds is 17. The Morgan fingerprint density at radius 3 is 1.92 bits per heavy atom. The van der Waals surface area contributed by atoms with Crippen LogP contribution in [0.2, 0.25) is 0 Å². The molecule has 1 aliphatic carbocycles. The van der Waals surface area contributed by atoms with Gasteiger partial charge in [-0.15, -0.1) is 0 Å². The molecule has 1 aliphatic heterocycles. The van der Waals surface area contributed by atoms with Gasteiger partial charge in [-0.1, -0.05) is 45.4 Å². The van der Waals surface area contributed by atoms with Gasteiger partial charge in [-0.05, 0) is 0 Å². The number of methoxy groups -OCH3 is 1. The monoisotopic (exact) mass is 767 g/mol. The number of esters is 1. The van der Waals surface area contributed by atoms with Gasteiger partial charge in [0.1, 0.15) is 0 Å². The van der Waals surface area contributed by atoms with E-state index in [2.05, 4.69) is 6.92 Å². The second-order valence-corrected chi connectivity index (χ2v) is 15.5. The number of benzene rings is 3. The Kier molecular flexibility index (Phi) is 12.4. The van der Waals surface area contributed by atoms with Gasteiger partial charge in [0.05, 0.1) is 0 Å². The molecule has 1 heterocycles. The van der Waals surface area contributed by atoms with Crippen LogP contribution in [0, 0.1) is 30.3 Å². The van der Waals surface area contributed by atoms with Crippen molar-refractivity contribution in [1.29, 1.82) is 0 Å². The van der Waals surface area contributed by atoms with Crippen LogP contribution in [0.5, 0.6) is 5.75 Å². The molecule has 0 saturated heterocycles. The number of hydrogen-bond acceptors (Lipinski definition) is 10. The number of non-ortho nitro benzene ring substituents is 2. The minimum atomic E-state index is -0.923. The summed E-state index contributed by atoms with van der Waals surface area (Å²) in [4.78, 5) is 49.8. The zero-order chi connectivity index (χ0) is 35.8. The van der Waals surface area contributed by atoms with E-state index in [1.165, 1.54) is 75.3 Å². The zero-order valence-electron chi connectivity index (χ0n) is 27.8. The van der Waals surface area contributed by atoms with E-state index in [0.29, 0.717) is 12.2 Å². The van der Waals surface area contributed by atoms with Gasteiger partial charge in [-0.2, -0.15) is 0 Å². The van der Waals surface area contributed by atoms with Crippen molar-refractivity contribution >= 4 is 60.2 Å². The Morgan fingerprint density at radius 2 is 1.34 bits per heavy atom. The van der Waals surface area contributed by atoms with Crippen molar-refractivity contribution in [3.63, 3.8) is 0 Å². The summed E-state index contributed by atoms with van der Waals surface area (Å²) in [5.74, 6) is -0.160. The van der Waals surface area contributed by atoms with Crippen LogP contribution in [0.25, 0.3) is 21.6 Å². The predicted molar refractivity (Wildman–Crippen MR) is 194 cm³/mol. The van der Waals surface area contributed by atoms with Gasteiger partial charge in [0.15, 0.2) is 0 Å². The summed E-state index contributed by atoms with van der Waals surface area (Å²) in [5, 5.41) is 36.1. The SMILES string of the molecule is CCCCCCCCCCCCOc1ccc(C2=C[Se]/C(=C3/c4cc([N+](=O)[O-])cc(C(=O)OC)c4-c4c3cc([N+](=O)[O-])cc4[N+](=O)[O-])S2)cc1. The first kappa shape index (κ1) is 36.8. The molecular weight excluding hydrogens is 729 g/mol. The molecule has 12 nitrogen and oxygen atoms in total. The molecule has 0 bridgehead atoms. The molecule has 0 spiro atoms. The molecule has 0 unspecified atom stereocenters. The Morgan fingerprint density at radius 1 is 0.760 bits per heavy atom. The molecule has 0 atom stereocenters. The van der Waals surface area contributed by atoms with Crippen molar-refractivity contribution in [2.45, 2.75) is 71.1 Å². The standard InChI is InChI=1S/C36H37N3O9SSe/c1-3-4-5-6-7-8-9-10-11-12-17-48-26-15-13-23(14-16-26)31-22-50-36(49-31)33-27-18-24(37(41)42)20-29(35(40)47-2)32(27)34-28(33)19-25(38(43)44)21-30(34)39(45)46/h13-16,18-22H,3-12,17H2,1-2H3/b36-33-. The van der Waals surface area contributed by atoms with Crippen LogP contribution >= 0.6 is 11.8 Å². The summed E-state index contributed by atoms with van der Waals surface area (Å²) in [6, 6.07) is 12.1. The van der Waals surface area contributed by atoms with Gasteiger partial charge >= 0.3 is 255 Å². The van der Waals surface area contributed by atoms with Crippen molar-refractivity contribution in [3.8, 4) is 16.9 Å². The molecule has 0 radical (unpaired) electrons. The molecule has 0 amide bonds. The van der Waals surface area contributed by atoms with Gasteiger partial charge in [0.25, 0.3) is 0 Å². The molecule has 0 saturated carbocycles. The Balaban J connectivity index is 1.36. The summed E-state index contributed by atoms with van der Waals surface area (Å²) in [6.07, 6.45) is 12.5. The second kappa shape index (κ2) is 16.9. The maximum absolute atomic E-state index is 12.9. The van der Waals surface area contributed by atoms with E-state index in [1.54, 1.807) is 0 Å². The van der Waals surface area contributed by atoms with Crippen molar-refractivity contribution in [1.82, 2.24) is 0 Å². The van der Waals surface area contributed by atoms with Gasteiger partial charge in [-0.25, -0.2) is 0 Å². The van der Waals surface area contributed by atoms with Gasteiger partial charge in [0, 0.05) is 0 Å². The first-order valence-electron chi connectivity index (χ1n) is 16.6. The van der Waals surface area contributed by atoms with E-state index >= 15 is 0 Å². The third kappa shape index (κ3) is 8.26. The summed E-state index contributed by atoms with van der Waals surface area (Å²) in [7, 11) is 1.10. The van der Waals surface area contributed by atoms with Crippen molar-refractivity contribution in [3.05, 3.63) is 110 Å². The number of carbonyl (C=O) groups is 1. The van der Waals surface area contributed by atoms with Crippen molar-refractivity contribution < 1.29 is 29.0 Å². The first-order valence-corrected chi connectivity index (χ1v) is 19.2. The number of hydrogen-bond donors (Lipinski definition) is 0. The van der Waals surface area contributed by atoms with Crippen LogP contribution in [0.1, 0.15) is 98.2 Å². The Bertz CT molecular complexity index is 1880. The molecule has 50 heavy (non-hydrogen) atoms. The first-order chi connectivity index (χ1) is 24.1. The average molecular weight is 767 g/mol. The van der Waals surface area contributed by atoms with Gasteiger partial charge in [0.2, 0.25) is 0 Å². The molecule has 262 valence electrons. The van der Waals surface area contributed by atoms with Crippen molar-refractivity contribution in [2.24, 2.45) is 0 Å². The van der Waals surface area contributed by atoms with Gasteiger partial charge < -0.3 is 0 Å². The summed E-state index contributed by atoms with van der Waals surface area (Å²) in [5.41, 5.74) is 0.0214. The molecule has 5 rings (SSSR count). The zero-order valence-corrected chi connectivity index (χ0v) is 30.3. The van der Waals surface area contributed by atoms with Crippen LogP contribution in [-0.4, -0.2) is 49.4 Å². The van der Waals surface area contributed by atoms with E-state index in [0.717, 1.165) is 52.1 Å². The summed E-state index contributed by atoms with van der Waals surface area (Å²) >= 11 is 1.06. The molecule has 14 heteroatoms. The summed E-state index contributed by atoms with van der Waals surface area (Å²) in [6.45, 7) is 2.88. The van der Waals surface area contributed by atoms with Crippen LogP contribution in [0.4, 0.5) is 17.1 Å². The Labute approximate surface area is 299 Å². The fourth-order valence-electron chi connectivity index (χ4n) is 6.14. The number of ether oxygens (including phenoxy) is 2. The predicted octanol–water partition coefficient (Wildman–Crippen LogP) is 9.64. The fraction of sp³-hybridized carbons (Fsp3) is 0.361. The number of nitrogens with zero attached hydrogens (tertiary/aromatic N) is 3. The van der Waals surface area contributed by atoms with E-state index in [4.69, 9.17) is 9.47 Å². The van der Waals surface area contributed by atoms with E-state index in [9.17, 15) is 35.1 Å².